The Morgan fingerprint density at radius 3 is 2.24 bits per heavy atom. The van der Waals surface area contributed by atoms with E-state index in [0.29, 0.717) is 13.1 Å². The maximum Gasteiger partial charge on any atom is 0.392 e. The molecule has 0 aromatic carbocycles. The van der Waals surface area contributed by atoms with Gasteiger partial charge in [-0.05, 0) is 44.1 Å². The van der Waals surface area contributed by atoms with E-state index in [9.17, 15) is 18.0 Å². The number of amides is 1. The summed E-state index contributed by atoms with van der Waals surface area (Å²) in [5, 5.41) is 3.09. The molecule has 0 spiro atoms. The average Bonchev–Trinajstić information content (AvgIpc) is 3.30. The van der Waals surface area contributed by atoms with E-state index in [-0.39, 0.29) is 24.9 Å². The summed E-state index contributed by atoms with van der Waals surface area (Å²) in [6, 6.07) is 0.983. The van der Waals surface area contributed by atoms with E-state index in [2.05, 4.69) is 10.2 Å². The number of rotatable bonds is 4. The monoisotopic (exact) mass is 361 g/mol. The number of hydrogen-bond acceptors (Lipinski definition) is 3. The highest BCUT2D eigenvalue weighted by Crippen LogP contribution is 2.44. The van der Waals surface area contributed by atoms with Crippen molar-refractivity contribution in [3.8, 4) is 0 Å². The average molecular weight is 361 g/mol. The molecule has 0 aromatic rings. The normalized spacial score (nSPS) is 29.6. The van der Waals surface area contributed by atoms with Gasteiger partial charge in [0.15, 0.2) is 0 Å². The minimum absolute atomic E-state index is 0.0499. The molecule has 1 saturated carbocycles. The Morgan fingerprint density at radius 1 is 1.08 bits per heavy atom. The zero-order valence-electron chi connectivity index (χ0n) is 15.2. The molecule has 3 aliphatic rings. The molecule has 2 aliphatic heterocycles. The van der Waals surface area contributed by atoms with Crippen LogP contribution in [0.1, 0.15) is 46.0 Å². The quantitative estimate of drug-likeness (QED) is 0.836. The maximum absolute atomic E-state index is 13.1. The van der Waals surface area contributed by atoms with E-state index >= 15 is 0 Å². The summed E-state index contributed by atoms with van der Waals surface area (Å²) in [5.41, 5.74) is -0.855. The molecule has 144 valence electrons. The van der Waals surface area contributed by atoms with E-state index in [0.717, 1.165) is 32.0 Å². The van der Waals surface area contributed by atoms with E-state index in [1.807, 2.05) is 4.90 Å². The third kappa shape index (κ3) is 4.88. The van der Waals surface area contributed by atoms with Crippen LogP contribution >= 0.6 is 0 Å². The fourth-order valence-electron chi connectivity index (χ4n) is 4.53. The molecule has 3 rings (SSSR count). The van der Waals surface area contributed by atoms with E-state index in [4.69, 9.17) is 0 Å². The first-order valence-corrected chi connectivity index (χ1v) is 9.47. The summed E-state index contributed by atoms with van der Waals surface area (Å²) in [6.07, 6.45) is 0.478. The van der Waals surface area contributed by atoms with Crippen molar-refractivity contribution in [2.45, 2.75) is 64.2 Å². The predicted octanol–water partition coefficient (Wildman–Crippen LogP) is 2.64. The van der Waals surface area contributed by atoms with Crippen molar-refractivity contribution in [3.63, 3.8) is 0 Å². The SMILES string of the molecule is CC1(C)CN(CC(=O)NC2CCN(C3CC3)CC2)CC[C@@H]1C(F)(F)F. The van der Waals surface area contributed by atoms with Crippen molar-refractivity contribution < 1.29 is 18.0 Å². The van der Waals surface area contributed by atoms with Crippen molar-refractivity contribution in [3.05, 3.63) is 0 Å². The van der Waals surface area contributed by atoms with Crippen LogP contribution in [0.3, 0.4) is 0 Å². The van der Waals surface area contributed by atoms with Gasteiger partial charge in [0.1, 0.15) is 0 Å². The van der Waals surface area contributed by atoms with Crippen molar-refractivity contribution >= 4 is 5.91 Å². The number of halogens is 3. The number of carbonyl (C=O) groups excluding carboxylic acids is 1. The molecule has 1 N–H and O–H groups in total. The number of nitrogens with one attached hydrogen (secondary N) is 1. The van der Waals surface area contributed by atoms with Gasteiger partial charge in [-0.25, -0.2) is 0 Å². The van der Waals surface area contributed by atoms with Crippen molar-refractivity contribution in [2.75, 3.05) is 32.7 Å². The maximum atomic E-state index is 13.1. The molecule has 3 fully saturated rings. The fraction of sp³-hybridized carbons (Fsp3) is 0.944. The van der Waals surface area contributed by atoms with Crippen LogP contribution in [-0.4, -0.2) is 66.7 Å². The molecule has 1 aliphatic carbocycles. The van der Waals surface area contributed by atoms with Crippen LogP contribution in [0.4, 0.5) is 13.2 Å². The number of piperidine rings is 2. The third-order valence-corrected chi connectivity index (χ3v) is 6.03. The Labute approximate surface area is 148 Å². The topological polar surface area (TPSA) is 35.6 Å². The Bertz CT molecular complexity index is 482. The largest absolute Gasteiger partial charge is 0.392 e. The zero-order valence-corrected chi connectivity index (χ0v) is 15.2. The summed E-state index contributed by atoms with van der Waals surface area (Å²) in [4.78, 5) is 16.7. The van der Waals surface area contributed by atoms with Gasteiger partial charge in [-0.15, -0.1) is 0 Å². The number of nitrogens with zero attached hydrogens (tertiary/aromatic N) is 2. The summed E-state index contributed by atoms with van der Waals surface area (Å²) < 4.78 is 39.4. The van der Waals surface area contributed by atoms with Gasteiger partial charge in [0.2, 0.25) is 5.91 Å². The van der Waals surface area contributed by atoms with Crippen LogP contribution < -0.4 is 5.32 Å². The highest BCUT2D eigenvalue weighted by Gasteiger charge is 2.51. The van der Waals surface area contributed by atoms with Crippen LogP contribution in [0.5, 0.6) is 0 Å². The summed E-state index contributed by atoms with van der Waals surface area (Å²) in [6.45, 7) is 6.24. The lowest BCUT2D eigenvalue weighted by Gasteiger charge is -2.44. The first kappa shape index (κ1) is 19.0. The van der Waals surface area contributed by atoms with E-state index in [1.165, 1.54) is 12.8 Å². The Kier molecular flexibility index (Phi) is 5.36. The predicted molar refractivity (Wildman–Crippen MR) is 90.1 cm³/mol. The second-order valence-corrected chi connectivity index (χ2v) is 8.69. The summed E-state index contributed by atoms with van der Waals surface area (Å²) >= 11 is 0. The van der Waals surface area contributed by atoms with Crippen LogP contribution in [-0.2, 0) is 4.79 Å². The lowest BCUT2D eigenvalue weighted by Crippen LogP contribution is -2.54. The standard InChI is InChI=1S/C18H30F3N3O/c1-17(2)12-23(8-7-15(17)18(19,20)21)11-16(25)22-13-5-9-24(10-6-13)14-3-4-14/h13-15H,3-12H2,1-2H3,(H,22,25)/t15-/m0/s1. The zero-order chi connectivity index (χ0) is 18.2. The van der Waals surface area contributed by atoms with Crippen molar-refractivity contribution in [1.82, 2.24) is 15.1 Å². The van der Waals surface area contributed by atoms with E-state index < -0.39 is 17.5 Å². The van der Waals surface area contributed by atoms with Gasteiger partial charge in [-0.3, -0.25) is 9.69 Å². The van der Waals surface area contributed by atoms with Crippen molar-refractivity contribution in [1.29, 1.82) is 0 Å². The number of hydrogen-bond donors (Lipinski definition) is 1. The Morgan fingerprint density at radius 2 is 1.72 bits per heavy atom. The molecule has 25 heavy (non-hydrogen) atoms. The molecule has 0 aromatic heterocycles. The molecule has 2 heterocycles. The Hall–Kier alpha value is -0.820. The highest BCUT2D eigenvalue weighted by molar-refractivity contribution is 5.78. The van der Waals surface area contributed by atoms with Crippen LogP contribution in [0.25, 0.3) is 0 Å². The van der Waals surface area contributed by atoms with Gasteiger partial charge in [-0.2, -0.15) is 13.2 Å². The first-order chi connectivity index (χ1) is 11.6. The Balaban J connectivity index is 1.43. The van der Waals surface area contributed by atoms with Crippen LogP contribution in [0.2, 0.25) is 0 Å². The molecule has 7 heteroatoms. The molecule has 0 bridgehead atoms. The minimum Gasteiger partial charge on any atom is -0.352 e. The van der Waals surface area contributed by atoms with Crippen molar-refractivity contribution in [2.24, 2.45) is 11.3 Å². The number of alkyl halides is 3. The van der Waals surface area contributed by atoms with Gasteiger partial charge in [0, 0.05) is 31.7 Å². The highest BCUT2D eigenvalue weighted by atomic mass is 19.4. The third-order valence-electron chi connectivity index (χ3n) is 6.03. The first-order valence-electron chi connectivity index (χ1n) is 9.47. The van der Waals surface area contributed by atoms with Crippen LogP contribution in [0, 0.1) is 11.3 Å². The van der Waals surface area contributed by atoms with Gasteiger partial charge in [0.05, 0.1) is 12.5 Å². The molecular weight excluding hydrogens is 331 g/mol. The molecular formula is C18H30F3N3O. The van der Waals surface area contributed by atoms with Gasteiger partial charge >= 0.3 is 6.18 Å². The van der Waals surface area contributed by atoms with Gasteiger partial charge in [-0.1, -0.05) is 13.8 Å². The molecule has 1 amide bonds. The summed E-state index contributed by atoms with van der Waals surface area (Å²) in [7, 11) is 0. The number of carbonyl (C=O) groups is 1. The second-order valence-electron chi connectivity index (χ2n) is 8.69. The smallest absolute Gasteiger partial charge is 0.352 e. The summed E-state index contributed by atoms with van der Waals surface area (Å²) in [5.74, 6) is -1.34. The molecule has 2 saturated heterocycles. The van der Waals surface area contributed by atoms with Crippen LogP contribution in [0.15, 0.2) is 0 Å². The molecule has 0 unspecified atom stereocenters. The van der Waals surface area contributed by atoms with E-state index in [1.54, 1.807) is 13.8 Å². The second kappa shape index (κ2) is 7.06. The van der Waals surface area contributed by atoms with Gasteiger partial charge in [0.25, 0.3) is 0 Å². The molecule has 1 atom stereocenters. The lowest BCUT2D eigenvalue weighted by molar-refractivity contribution is -0.216. The lowest BCUT2D eigenvalue weighted by atomic mass is 9.73. The molecule has 0 radical (unpaired) electrons. The number of likely N-dealkylation sites (tertiary alicyclic amines) is 2. The minimum atomic E-state index is -4.16. The van der Waals surface area contributed by atoms with Gasteiger partial charge < -0.3 is 10.2 Å². The molecule has 4 nitrogen and oxygen atoms in total. The fourth-order valence-corrected chi connectivity index (χ4v) is 4.53.